The molecule has 0 saturated heterocycles. The average Bonchev–Trinajstić information content (AvgIpc) is 3.39. The number of furan rings is 1. The SMILES string of the molecule is O=C(O)c1cccc(COc2ccc(C=Nn3c(-c4cc5cc(Cl)ccc5o4)nc4ccccc4c3=O)cc2Br)c1. The summed E-state index contributed by atoms with van der Waals surface area (Å²) in [5.41, 5.74) is 2.40. The Morgan fingerprint density at radius 3 is 2.73 bits per heavy atom. The summed E-state index contributed by atoms with van der Waals surface area (Å²) < 4.78 is 13.8. The molecule has 0 radical (unpaired) electrons. The van der Waals surface area contributed by atoms with Gasteiger partial charge in [0, 0.05) is 10.4 Å². The first-order chi connectivity index (χ1) is 19.9. The Morgan fingerprint density at radius 2 is 1.90 bits per heavy atom. The molecule has 1 N–H and O–H groups in total. The van der Waals surface area contributed by atoms with Crippen molar-refractivity contribution >= 4 is 61.6 Å². The van der Waals surface area contributed by atoms with E-state index in [9.17, 15) is 14.7 Å². The van der Waals surface area contributed by atoms with E-state index in [1.807, 2.05) is 6.07 Å². The van der Waals surface area contributed by atoms with Gasteiger partial charge in [-0.15, -0.1) is 0 Å². The quantitative estimate of drug-likeness (QED) is 0.185. The Morgan fingerprint density at radius 1 is 1.05 bits per heavy atom. The van der Waals surface area contributed by atoms with Gasteiger partial charge in [-0.1, -0.05) is 35.9 Å². The van der Waals surface area contributed by atoms with E-state index in [1.165, 1.54) is 10.7 Å². The van der Waals surface area contributed by atoms with Gasteiger partial charge in [0.15, 0.2) is 5.76 Å². The largest absolute Gasteiger partial charge is 0.488 e. The van der Waals surface area contributed by atoms with Crippen molar-refractivity contribution in [1.29, 1.82) is 0 Å². The highest BCUT2D eigenvalue weighted by Crippen LogP contribution is 2.30. The lowest BCUT2D eigenvalue weighted by Crippen LogP contribution is -2.20. The van der Waals surface area contributed by atoms with Crippen LogP contribution in [0.15, 0.2) is 110 Å². The van der Waals surface area contributed by atoms with E-state index in [4.69, 9.17) is 25.7 Å². The molecule has 202 valence electrons. The second-order valence-corrected chi connectivity index (χ2v) is 10.4. The van der Waals surface area contributed by atoms with Crippen molar-refractivity contribution in [2.75, 3.05) is 0 Å². The van der Waals surface area contributed by atoms with Crippen molar-refractivity contribution in [3.05, 3.63) is 128 Å². The normalized spacial score (nSPS) is 11.5. The number of benzene rings is 4. The van der Waals surface area contributed by atoms with Crippen LogP contribution in [0.4, 0.5) is 0 Å². The summed E-state index contributed by atoms with van der Waals surface area (Å²) >= 11 is 9.67. The number of rotatable bonds is 7. The van der Waals surface area contributed by atoms with Crippen molar-refractivity contribution < 1.29 is 19.1 Å². The molecule has 41 heavy (non-hydrogen) atoms. The molecule has 0 atom stereocenters. The van der Waals surface area contributed by atoms with Gasteiger partial charge in [0.05, 0.1) is 27.2 Å². The molecule has 0 aliphatic heterocycles. The summed E-state index contributed by atoms with van der Waals surface area (Å²) in [6.45, 7) is 0.192. The summed E-state index contributed by atoms with van der Waals surface area (Å²) in [5, 5.41) is 15.5. The lowest BCUT2D eigenvalue weighted by molar-refractivity contribution is 0.0696. The van der Waals surface area contributed by atoms with Gasteiger partial charge < -0.3 is 14.3 Å². The summed E-state index contributed by atoms with van der Waals surface area (Å²) in [4.78, 5) is 29.4. The van der Waals surface area contributed by atoms with Gasteiger partial charge in [-0.3, -0.25) is 4.79 Å². The molecule has 8 nitrogen and oxygen atoms in total. The lowest BCUT2D eigenvalue weighted by atomic mass is 10.1. The Hall–Kier alpha value is -4.73. The minimum absolute atomic E-state index is 0.192. The lowest BCUT2D eigenvalue weighted by Gasteiger charge is -2.10. The number of carbonyl (C=O) groups is 1. The smallest absolute Gasteiger partial charge is 0.335 e. The maximum Gasteiger partial charge on any atom is 0.335 e. The number of ether oxygens (including phenoxy) is 1. The highest BCUT2D eigenvalue weighted by Gasteiger charge is 2.17. The van der Waals surface area contributed by atoms with Gasteiger partial charge in [0.25, 0.3) is 5.56 Å². The van der Waals surface area contributed by atoms with E-state index in [-0.39, 0.29) is 23.6 Å². The first-order valence-electron chi connectivity index (χ1n) is 12.4. The minimum atomic E-state index is -0.995. The Balaban J connectivity index is 1.32. The standard InChI is InChI=1S/C31H19BrClN3O5/c32-24-13-18(8-10-27(24)40-17-19-4-3-5-20(12-19)31(38)39)16-34-36-29(35-25-7-2-1-6-23(25)30(36)37)28-15-21-14-22(33)9-11-26(21)41-28/h1-16H,17H2,(H,38,39). The van der Waals surface area contributed by atoms with Crippen molar-refractivity contribution in [1.82, 2.24) is 9.66 Å². The fourth-order valence-electron chi connectivity index (χ4n) is 4.31. The van der Waals surface area contributed by atoms with Crippen LogP contribution in [0.25, 0.3) is 33.5 Å². The number of fused-ring (bicyclic) bond motifs is 2. The predicted molar refractivity (Wildman–Crippen MR) is 161 cm³/mol. The highest BCUT2D eigenvalue weighted by molar-refractivity contribution is 9.10. The predicted octanol–water partition coefficient (Wildman–Crippen LogP) is 7.39. The van der Waals surface area contributed by atoms with Crippen LogP contribution in [0.2, 0.25) is 5.02 Å². The van der Waals surface area contributed by atoms with Gasteiger partial charge in [-0.2, -0.15) is 9.78 Å². The summed E-state index contributed by atoms with van der Waals surface area (Å²) in [5.74, 6) is 0.193. The van der Waals surface area contributed by atoms with Crippen LogP contribution < -0.4 is 10.3 Å². The monoisotopic (exact) mass is 627 g/mol. The Kier molecular flexibility index (Phi) is 7.13. The van der Waals surface area contributed by atoms with E-state index in [1.54, 1.807) is 85.1 Å². The number of hydrogen-bond donors (Lipinski definition) is 1. The molecular weight excluding hydrogens is 610 g/mol. The molecule has 0 bridgehead atoms. The number of hydrogen-bond acceptors (Lipinski definition) is 6. The summed E-state index contributed by atoms with van der Waals surface area (Å²) in [7, 11) is 0. The van der Waals surface area contributed by atoms with E-state index < -0.39 is 5.97 Å². The van der Waals surface area contributed by atoms with Gasteiger partial charge >= 0.3 is 5.97 Å². The maximum atomic E-state index is 13.5. The van der Waals surface area contributed by atoms with Gasteiger partial charge in [0.1, 0.15) is 17.9 Å². The third-order valence-corrected chi connectivity index (χ3v) is 7.15. The van der Waals surface area contributed by atoms with Crippen molar-refractivity contribution in [3.8, 4) is 17.3 Å². The van der Waals surface area contributed by atoms with E-state index in [0.717, 1.165) is 10.9 Å². The Labute approximate surface area is 246 Å². The third kappa shape index (κ3) is 5.50. The molecule has 0 saturated carbocycles. The summed E-state index contributed by atoms with van der Waals surface area (Å²) in [6, 6.07) is 26.0. The zero-order valence-corrected chi connectivity index (χ0v) is 23.5. The van der Waals surface area contributed by atoms with E-state index >= 15 is 0 Å². The first kappa shape index (κ1) is 26.5. The van der Waals surface area contributed by atoms with Gasteiger partial charge in [-0.25, -0.2) is 9.78 Å². The first-order valence-corrected chi connectivity index (χ1v) is 13.5. The van der Waals surface area contributed by atoms with Crippen molar-refractivity contribution in [2.24, 2.45) is 5.10 Å². The van der Waals surface area contributed by atoms with Crippen LogP contribution in [0.3, 0.4) is 0 Å². The zero-order valence-electron chi connectivity index (χ0n) is 21.1. The van der Waals surface area contributed by atoms with Crippen molar-refractivity contribution in [3.63, 3.8) is 0 Å². The molecule has 2 heterocycles. The molecule has 0 unspecified atom stereocenters. The molecule has 10 heteroatoms. The molecule has 0 fully saturated rings. The van der Waals surface area contributed by atoms with Crippen LogP contribution >= 0.6 is 27.5 Å². The van der Waals surface area contributed by atoms with Crippen LogP contribution in [-0.4, -0.2) is 27.0 Å². The number of aromatic carboxylic acids is 1. The number of nitrogens with zero attached hydrogens (tertiary/aromatic N) is 3. The molecule has 0 spiro atoms. The molecule has 6 aromatic rings. The number of carboxylic acid groups (broad SMARTS) is 1. The van der Waals surface area contributed by atoms with Crippen LogP contribution in [0, 0.1) is 0 Å². The van der Waals surface area contributed by atoms with Gasteiger partial charge in [-0.05, 0) is 93.8 Å². The van der Waals surface area contributed by atoms with Crippen LogP contribution in [0.5, 0.6) is 5.75 Å². The third-order valence-electron chi connectivity index (χ3n) is 6.30. The van der Waals surface area contributed by atoms with Crippen LogP contribution in [-0.2, 0) is 6.61 Å². The molecule has 6 rings (SSSR count). The number of aromatic nitrogens is 2. The minimum Gasteiger partial charge on any atom is -0.488 e. The zero-order chi connectivity index (χ0) is 28.5. The summed E-state index contributed by atoms with van der Waals surface area (Å²) in [6.07, 6.45) is 1.55. The average molecular weight is 629 g/mol. The van der Waals surface area contributed by atoms with E-state index in [2.05, 4.69) is 21.0 Å². The Bertz CT molecular complexity index is 2050. The number of halogens is 2. The maximum absolute atomic E-state index is 13.5. The number of carboxylic acids is 1. The van der Waals surface area contributed by atoms with Crippen molar-refractivity contribution in [2.45, 2.75) is 6.61 Å². The highest BCUT2D eigenvalue weighted by atomic mass is 79.9. The molecular formula is C31H19BrClN3O5. The molecule has 0 amide bonds. The molecule has 4 aromatic carbocycles. The van der Waals surface area contributed by atoms with Crippen LogP contribution in [0.1, 0.15) is 21.5 Å². The fourth-order valence-corrected chi connectivity index (χ4v) is 5.00. The second-order valence-electron chi connectivity index (χ2n) is 9.09. The number of para-hydroxylation sites is 1. The molecule has 2 aromatic heterocycles. The van der Waals surface area contributed by atoms with E-state index in [0.29, 0.717) is 43.1 Å². The fraction of sp³-hybridized carbons (Fsp3) is 0.0323. The molecule has 0 aliphatic carbocycles. The topological polar surface area (TPSA) is 107 Å². The van der Waals surface area contributed by atoms with Gasteiger partial charge in [0.2, 0.25) is 5.82 Å². The molecule has 0 aliphatic rings. The second kappa shape index (κ2) is 11.0.